The third-order valence-corrected chi connectivity index (χ3v) is 14.9. The van der Waals surface area contributed by atoms with Crippen LogP contribution in [0.25, 0.3) is 10.4 Å². The maximum absolute atomic E-state index is 15.6. The summed E-state index contributed by atoms with van der Waals surface area (Å²) in [5, 5.41) is 22.8. The Bertz CT molecular complexity index is 2770. The number of thiazole rings is 1. The lowest BCUT2D eigenvalue weighted by Gasteiger charge is -2.36. The van der Waals surface area contributed by atoms with Crippen LogP contribution >= 0.6 is 22.9 Å². The van der Waals surface area contributed by atoms with Gasteiger partial charge >= 0.3 is 0 Å². The second kappa shape index (κ2) is 22.4. The van der Waals surface area contributed by atoms with Crippen molar-refractivity contribution in [2.75, 3.05) is 72.4 Å². The van der Waals surface area contributed by atoms with Gasteiger partial charge in [0.05, 0.1) is 51.7 Å². The van der Waals surface area contributed by atoms with E-state index < -0.39 is 45.4 Å². The van der Waals surface area contributed by atoms with Crippen LogP contribution < -0.4 is 30.5 Å². The number of anilines is 6. The molecule has 2 fully saturated rings. The van der Waals surface area contributed by atoms with Crippen molar-refractivity contribution in [1.82, 2.24) is 35.4 Å². The van der Waals surface area contributed by atoms with Gasteiger partial charge in [0.2, 0.25) is 33.7 Å². The van der Waals surface area contributed by atoms with Gasteiger partial charge in [-0.1, -0.05) is 68.8 Å². The van der Waals surface area contributed by atoms with Crippen LogP contribution in [0.5, 0.6) is 0 Å². The van der Waals surface area contributed by atoms with Crippen LogP contribution in [0.15, 0.2) is 78.4 Å². The van der Waals surface area contributed by atoms with Gasteiger partial charge in [-0.2, -0.15) is 4.98 Å². The summed E-state index contributed by atoms with van der Waals surface area (Å²) < 4.78 is 41.2. The maximum Gasteiger partial charge on any atom is 0.246 e. The number of nitrogens with zero attached hydrogens (tertiary/aromatic N) is 7. The van der Waals surface area contributed by atoms with Crippen LogP contribution in [0.3, 0.4) is 0 Å². The highest BCUT2D eigenvalue weighted by Crippen LogP contribution is 2.33. The number of hydrogen-bond donors (Lipinski definition) is 5. The van der Waals surface area contributed by atoms with Crippen LogP contribution in [0.1, 0.15) is 57.7 Å². The minimum atomic E-state index is -3.54. The Kier molecular flexibility index (Phi) is 16.6. The molecule has 2 aromatic heterocycles. The number of piperazine rings is 1. The van der Waals surface area contributed by atoms with E-state index in [1.54, 1.807) is 47.7 Å². The van der Waals surface area contributed by atoms with Crippen molar-refractivity contribution < 1.29 is 32.3 Å². The molecule has 3 amide bonds. The van der Waals surface area contributed by atoms with Crippen molar-refractivity contribution in [3.63, 3.8) is 0 Å². The number of sulfonamides is 1. The predicted molar refractivity (Wildman–Crippen MR) is 274 cm³/mol. The summed E-state index contributed by atoms with van der Waals surface area (Å²) in [4.78, 5) is 60.7. The number of para-hydroxylation sites is 2. The van der Waals surface area contributed by atoms with E-state index in [4.69, 9.17) is 11.6 Å². The first-order chi connectivity index (χ1) is 33.2. The number of benzene rings is 3. The molecule has 3 atom stereocenters. The number of aliphatic hydroxyl groups is 1. The zero-order chi connectivity index (χ0) is 50.3. The fraction of sp³-hybridized carbons (Fsp3) is 0.429. The number of aliphatic hydroxyl groups excluding tert-OH is 1. The Morgan fingerprint density at radius 1 is 1.00 bits per heavy atom. The minimum Gasteiger partial charge on any atom is -0.391 e. The van der Waals surface area contributed by atoms with E-state index >= 15 is 4.39 Å². The molecule has 0 spiro atoms. The van der Waals surface area contributed by atoms with Gasteiger partial charge in [0.1, 0.15) is 22.9 Å². The van der Waals surface area contributed by atoms with Crippen molar-refractivity contribution in [1.29, 1.82) is 0 Å². The highest BCUT2D eigenvalue weighted by molar-refractivity contribution is 7.92. The quantitative estimate of drug-likeness (QED) is 0.0582. The fourth-order valence-corrected chi connectivity index (χ4v) is 9.96. The summed E-state index contributed by atoms with van der Waals surface area (Å²) >= 11 is 7.98. The molecule has 21 heteroatoms. The summed E-state index contributed by atoms with van der Waals surface area (Å²) in [7, 11) is -2.09. The number of halogens is 2. The van der Waals surface area contributed by atoms with Crippen LogP contribution in [0.2, 0.25) is 5.02 Å². The van der Waals surface area contributed by atoms with E-state index in [-0.39, 0.29) is 54.5 Å². The highest BCUT2D eigenvalue weighted by Gasteiger charge is 2.44. The van der Waals surface area contributed by atoms with Crippen LogP contribution in [0.4, 0.5) is 38.9 Å². The maximum atomic E-state index is 15.6. The van der Waals surface area contributed by atoms with Gasteiger partial charge in [-0.3, -0.25) is 23.6 Å². The number of unbranched alkanes of at least 4 members (excludes halogenated alkanes) is 1. The van der Waals surface area contributed by atoms with Crippen molar-refractivity contribution >= 4 is 85.2 Å². The summed E-state index contributed by atoms with van der Waals surface area (Å²) in [5.74, 6) is -1.06. The third kappa shape index (κ3) is 13.1. The third-order valence-electron chi connectivity index (χ3n) is 12.5. The SMILES string of the molecule is Cc1ncsc1-c1ccc(CNC(=O)[C@H]2C[C@@H](O)CN2C(=O)[C@@H](NC(=O)CCCCN2CCN(c3ccc(Nc4ncc(Cl)c(Nc5ccccc5N(C)S(C)(=O)=O)n4)cc3F)CC2)C(C)(C)C)cc1. The molecule has 70 heavy (non-hydrogen) atoms. The van der Waals surface area contributed by atoms with Crippen LogP contribution in [0, 0.1) is 18.2 Å². The van der Waals surface area contributed by atoms with E-state index in [1.165, 1.54) is 24.2 Å². The lowest BCUT2D eigenvalue weighted by molar-refractivity contribution is -0.144. The minimum absolute atomic E-state index is 0.00172. The molecule has 7 rings (SSSR count). The molecule has 2 saturated heterocycles. The van der Waals surface area contributed by atoms with E-state index in [0.29, 0.717) is 55.3 Å². The van der Waals surface area contributed by atoms with Gasteiger partial charge in [0, 0.05) is 64.8 Å². The average Bonchev–Trinajstić information content (AvgIpc) is 3.94. The number of likely N-dealkylation sites (tertiary alicyclic amines) is 1. The van der Waals surface area contributed by atoms with E-state index in [1.807, 2.05) is 62.4 Å². The number of hydrogen-bond acceptors (Lipinski definition) is 14. The van der Waals surface area contributed by atoms with Gasteiger partial charge in [-0.25, -0.2) is 22.8 Å². The average molecular weight is 1020 g/mol. The number of aryl methyl sites for hydroxylation is 1. The topological polar surface area (TPSA) is 205 Å². The van der Waals surface area contributed by atoms with Gasteiger partial charge in [0.25, 0.3) is 0 Å². The summed E-state index contributed by atoms with van der Waals surface area (Å²) in [6, 6.07) is 17.7. The smallest absolute Gasteiger partial charge is 0.246 e. The van der Waals surface area contributed by atoms with Crippen LogP contribution in [-0.2, 0) is 31.0 Å². The normalized spacial score (nSPS) is 17.0. The molecule has 3 aromatic carbocycles. The molecule has 2 aliphatic heterocycles. The fourth-order valence-electron chi connectivity index (χ4n) is 8.49. The second-order valence-electron chi connectivity index (χ2n) is 18.8. The van der Waals surface area contributed by atoms with E-state index in [0.717, 1.165) is 45.2 Å². The Labute approximate surface area is 417 Å². The first-order valence-corrected chi connectivity index (χ1v) is 26.3. The van der Waals surface area contributed by atoms with Crippen molar-refractivity contribution in [2.24, 2.45) is 5.41 Å². The predicted octanol–water partition coefficient (Wildman–Crippen LogP) is 6.69. The summed E-state index contributed by atoms with van der Waals surface area (Å²) in [6.07, 6.45) is 3.30. The molecular formula is C49H61ClFN11O6S2. The molecule has 5 N–H and O–H groups in total. The molecule has 0 radical (unpaired) electrons. The molecule has 5 aromatic rings. The molecule has 374 valence electrons. The van der Waals surface area contributed by atoms with Gasteiger partial charge in [0.15, 0.2) is 5.82 Å². The standard InChI is InChI=1S/C49H61ClFN11O6S2/c1-31-43(69-30-54-31)33-16-14-32(15-17-33)27-52-46(65)41-26-35(63)29-62(41)47(66)44(49(2,3)4)57-42(64)13-9-10-20-60-21-23-61(24-22-60)39-19-18-34(25-37(39)51)55-48-53-28-36(50)45(58-48)56-38-11-7-8-12-40(38)59(5)70(6,67)68/h7-8,11-12,14-19,25,28,30,35,41,44,63H,9-10,13,20-24,26-27,29H2,1-6H3,(H,52,65)(H,57,64)(H2,53,55,56,58)/t35-,41-,44-/m1/s1. The van der Waals surface area contributed by atoms with Crippen LogP contribution in [-0.4, -0.2) is 127 Å². The van der Waals surface area contributed by atoms with Crippen molar-refractivity contribution in [3.05, 3.63) is 101 Å². The zero-order valence-electron chi connectivity index (χ0n) is 40.2. The first-order valence-electron chi connectivity index (χ1n) is 23.2. The number of nitrogens with one attached hydrogen (secondary N) is 4. The van der Waals surface area contributed by atoms with Gasteiger partial charge in [-0.05, 0) is 73.2 Å². The number of rotatable bonds is 18. The molecule has 17 nitrogen and oxygen atoms in total. The second-order valence-corrected chi connectivity index (χ2v) is 22.1. The van der Waals surface area contributed by atoms with Crippen molar-refractivity contribution in [2.45, 2.75) is 78.1 Å². The first kappa shape index (κ1) is 51.9. The number of carbonyl (C=O) groups is 3. The molecular weight excluding hydrogens is 957 g/mol. The van der Waals surface area contributed by atoms with Gasteiger partial charge in [-0.15, -0.1) is 11.3 Å². The molecule has 0 saturated carbocycles. The number of aromatic nitrogens is 3. The summed E-state index contributed by atoms with van der Waals surface area (Å²) in [6.45, 7) is 11.2. The highest BCUT2D eigenvalue weighted by atomic mass is 35.5. The summed E-state index contributed by atoms with van der Waals surface area (Å²) in [5.41, 5.74) is 5.79. The zero-order valence-corrected chi connectivity index (χ0v) is 42.6. The molecule has 0 aliphatic carbocycles. The Balaban J connectivity index is 0.849. The molecule has 2 aliphatic rings. The molecule has 0 bridgehead atoms. The Morgan fingerprint density at radius 2 is 1.73 bits per heavy atom. The van der Waals surface area contributed by atoms with E-state index in [9.17, 15) is 27.9 Å². The number of amides is 3. The van der Waals surface area contributed by atoms with Gasteiger partial charge < -0.3 is 36.2 Å². The Morgan fingerprint density at radius 3 is 2.40 bits per heavy atom. The monoisotopic (exact) mass is 1020 g/mol. The lowest BCUT2D eigenvalue weighted by atomic mass is 9.85. The molecule has 4 heterocycles. The number of β-amino-alcohol motifs (C(OH)–C–C–N with tert-alkyl or cyclic N) is 1. The Hall–Kier alpha value is -5.93. The molecule has 0 unspecified atom stereocenters. The lowest BCUT2D eigenvalue weighted by Crippen LogP contribution is -2.57. The van der Waals surface area contributed by atoms with Crippen molar-refractivity contribution in [3.8, 4) is 10.4 Å². The number of carbonyl (C=O) groups excluding carboxylic acids is 3. The largest absolute Gasteiger partial charge is 0.391 e. The van der Waals surface area contributed by atoms with E-state index in [2.05, 4.69) is 41.1 Å².